The quantitative estimate of drug-likeness (QED) is 0.466. The normalized spacial score (nSPS) is 11.2. The number of halogens is 1. The van der Waals surface area contributed by atoms with Crippen molar-refractivity contribution in [1.29, 1.82) is 0 Å². The number of nitro groups is 2. The Labute approximate surface area is 140 Å². The molecule has 0 amide bonds. The van der Waals surface area contributed by atoms with Crippen LogP contribution >= 0.6 is 0 Å². The van der Waals surface area contributed by atoms with Crippen molar-refractivity contribution in [1.82, 2.24) is 0 Å². The molecule has 0 saturated carbocycles. The van der Waals surface area contributed by atoms with Gasteiger partial charge in [-0.25, -0.2) is 4.39 Å². The second-order valence-corrected chi connectivity index (χ2v) is 4.90. The van der Waals surface area contributed by atoms with E-state index in [4.69, 9.17) is 0 Å². The maximum atomic E-state index is 13.4. The van der Waals surface area contributed by atoms with Crippen molar-refractivity contribution in [2.24, 2.45) is 5.10 Å². The second-order valence-electron chi connectivity index (χ2n) is 4.90. The molecule has 0 aliphatic rings. The van der Waals surface area contributed by atoms with E-state index in [-0.39, 0.29) is 22.7 Å². The van der Waals surface area contributed by atoms with Gasteiger partial charge >= 0.3 is 5.69 Å². The molecule has 0 aliphatic carbocycles. The first-order valence-corrected chi connectivity index (χ1v) is 7.07. The van der Waals surface area contributed by atoms with Gasteiger partial charge in [0.1, 0.15) is 17.3 Å². The van der Waals surface area contributed by atoms with Gasteiger partial charge in [-0.2, -0.15) is 5.10 Å². The average Bonchev–Trinajstić information content (AvgIpc) is 2.58. The molecule has 0 heterocycles. The van der Waals surface area contributed by atoms with Crippen molar-refractivity contribution >= 4 is 22.8 Å². The standard InChI is InChI=1S/C15H13FN4O5/c1-2-12(11-7-9(16)3-6-15(11)21)17-18-13-5-4-10(19(22)23)8-14(13)20(24)25/h3-8,18,21H,2H2,1H3/b17-12+. The van der Waals surface area contributed by atoms with Crippen LogP contribution < -0.4 is 5.43 Å². The number of aromatic hydroxyl groups is 1. The fourth-order valence-electron chi connectivity index (χ4n) is 2.08. The van der Waals surface area contributed by atoms with Gasteiger partial charge in [-0.15, -0.1) is 0 Å². The molecule has 25 heavy (non-hydrogen) atoms. The van der Waals surface area contributed by atoms with Crippen molar-refractivity contribution < 1.29 is 19.3 Å². The van der Waals surface area contributed by atoms with Crippen LogP contribution in [0.5, 0.6) is 5.75 Å². The molecule has 2 aromatic carbocycles. The first-order chi connectivity index (χ1) is 11.8. The maximum absolute atomic E-state index is 13.4. The topological polar surface area (TPSA) is 131 Å². The van der Waals surface area contributed by atoms with Crippen molar-refractivity contribution in [2.45, 2.75) is 13.3 Å². The number of hydrazone groups is 1. The first kappa shape index (κ1) is 17.8. The number of hydrogen-bond donors (Lipinski definition) is 2. The van der Waals surface area contributed by atoms with Crippen LogP contribution in [0, 0.1) is 26.0 Å². The molecule has 2 N–H and O–H groups in total. The third kappa shape index (κ3) is 4.05. The minimum atomic E-state index is -0.782. The van der Waals surface area contributed by atoms with Gasteiger partial charge < -0.3 is 5.11 Å². The Morgan fingerprint density at radius 1 is 1.20 bits per heavy atom. The summed E-state index contributed by atoms with van der Waals surface area (Å²) >= 11 is 0. The first-order valence-electron chi connectivity index (χ1n) is 7.07. The van der Waals surface area contributed by atoms with Crippen molar-refractivity contribution in [3.63, 3.8) is 0 Å². The molecular weight excluding hydrogens is 335 g/mol. The number of phenolic OH excluding ortho intramolecular Hbond substituents is 1. The summed E-state index contributed by atoms with van der Waals surface area (Å²) in [6, 6.07) is 6.40. The molecular formula is C15H13FN4O5. The molecule has 0 atom stereocenters. The molecule has 10 heteroatoms. The summed E-state index contributed by atoms with van der Waals surface area (Å²) in [5, 5.41) is 35.6. The van der Waals surface area contributed by atoms with Crippen LogP contribution in [0.25, 0.3) is 0 Å². The van der Waals surface area contributed by atoms with E-state index in [1.165, 1.54) is 6.07 Å². The molecule has 0 radical (unpaired) electrons. The van der Waals surface area contributed by atoms with Gasteiger partial charge in [-0.3, -0.25) is 25.7 Å². The van der Waals surface area contributed by atoms with Crippen molar-refractivity contribution in [3.8, 4) is 5.75 Å². The molecule has 0 fully saturated rings. The lowest BCUT2D eigenvalue weighted by Crippen LogP contribution is -2.05. The SMILES string of the molecule is CC/C(=N\Nc1ccc([N+](=O)[O-])cc1[N+](=O)[O-])c1cc(F)ccc1O. The lowest BCUT2D eigenvalue weighted by molar-refractivity contribution is -0.393. The van der Waals surface area contributed by atoms with Crippen molar-refractivity contribution in [3.05, 3.63) is 68.0 Å². The predicted molar refractivity (Wildman–Crippen MR) is 88.3 cm³/mol. The Bertz CT molecular complexity index is 869. The van der Waals surface area contributed by atoms with Crippen LogP contribution in [0.3, 0.4) is 0 Å². The summed E-state index contributed by atoms with van der Waals surface area (Å²) in [7, 11) is 0. The smallest absolute Gasteiger partial charge is 0.301 e. The largest absolute Gasteiger partial charge is 0.507 e. The number of nitro benzene ring substituents is 2. The molecule has 2 aromatic rings. The summed E-state index contributed by atoms with van der Waals surface area (Å²) in [6.07, 6.45) is 0.296. The Morgan fingerprint density at radius 3 is 2.52 bits per heavy atom. The van der Waals surface area contributed by atoms with Gasteiger partial charge in [-0.1, -0.05) is 6.92 Å². The van der Waals surface area contributed by atoms with Gasteiger partial charge in [0.2, 0.25) is 0 Å². The summed E-state index contributed by atoms with van der Waals surface area (Å²) < 4.78 is 13.4. The Balaban J connectivity index is 2.40. The number of benzene rings is 2. The molecule has 0 aliphatic heterocycles. The molecule has 2 rings (SSSR count). The third-order valence-corrected chi connectivity index (χ3v) is 3.30. The number of anilines is 1. The van der Waals surface area contributed by atoms with E-state index >= 15 is 0 Å². The fourth-order valence-corrected chi connectivity index (χ4v) is 2.08. The van der Waals surface area contributed by atoms with Crippen LogP contribution in [0.1, 0.15) is 18.9 Å². The number of phenols is 1. The molecule has 0 saturated heterocycles. The lowest BCUT2D eigenvalue weighted by atomic mass is 10.1. The van der Waals surface area contributed by atoms with Crippen LogP contribution in [0.15, 0.2) is 41.5 Å². The summed E-state index contributed by atoms with van der Waals surface area (Å²) in [6.45, 7) is 1.70. The molecule has 0 unspecified atom stereocenters. The van der Waals surface area contributed by atoms with E-state index in [0.717, 1.165) is 30.3 Å². The molecule has 0 bridgehead atoms. The summed E-state index contributed by atoms with van der Waals surface area (Å²) in [4.78, 5) is 20.3. The highest BCUT2D eigenvalue weighted by Crippen LogP contribution is 2.29. The third-order valence-electron chi connectivity index (χ3n) is 3.30. The van der Waals surface area contributed by atoms with E-state index in [2.05, 4.69) is 10.5 Å². The average molecular weight is 348 g/mol. The number of rotatable bonds is 6. The Hall–Kier alpha value is -3.56. The number of nitrogens with zero attached hydrogens (tertiary/aromatic N) is 3. The Kier molecular flexibility index (Phi) is 5.22. The summed E-state index contributed by atoms with van der Waals surface area (Å²) in [5.74, 6) is -0.766. The van der Waals surface area contributed by atoms with Crippen molar-refractivity contribution in [2.75, 3.05) is 5.43 Å². The highest BCUT2D eigenvalue weighted by molar-refractivity contribution is 6.03. The molecule has 9 nitrogen and oxygen atoms in total. The van der Waals surface area contributed by atoms with E-state index in [0.29, 0.717) is 6.42 Å². The Morgan fingerprint density at radius 2 is 1.92 bits per heavy atom. The minimum absolute atomic E-state index is 0.0718. The highest BCUT2D eigenvalue weighted by atomic mass is 19.1. The van der Waals surface area contributed by atoms with Gasteiger partial charge in [0.05, 0.1) is 21.6 Å². The maximum Gasteiger partial charge on any atom is 0.301 e. The van der Waals surface area contributed by atoms with Gasteiger partial charge in [0.25, 0.3) is 5.69 Å². The zero-order valence-corrected chi connectivity index (χ0v) is 13.0. The monoisotopic (exact) mass is 348 g/mol. The van der Waals surface area contributed by atoms with Gasteiger partial charge in [-0.05, 0) is 30.7 Å². The fraction of sp³-hybridized carbons (Fsp3) is 0.133. The molecule has 0 spiro atoms. The number of hydrogen-bond acceptors (Lipinski definition) is 7. The van der Waals surface area contributed by atoms with E-state index in [1.54, 1.807) is 6.92 Å². The molecule has 0 aromatic heterocycles. The zero-order chi connectivity index (χ0) is 18.6. The minimum Gasteiger partial charge on any atom is -0.507 e. The lowest BCUT2D eigenvalue weighted by Gasteiger charge is -2.08. The number of non-ortho nitro benzene ring substituents is 1. The van der Waals surface area contributed by atoms with Crippen LogP contribution in [-0.4, -0.2) is 20.7 Å². The predicted octanol–water partition coefficient (Wildman–Crippen LogP) is 3.57. The van der Waals surface area contributed by atoms with Crippen LogP contribution in [0.4, 0.5) is 21.5 Å². The second kappa shape index (κ2) is 7.34. The van der Waals surface area contributed by atoms with Crippen LogP contribution in [-0.2, 0) is 0 Å². The summed E-state index contributed by atoms with van der Waals surface area (Å²) in [5.41, 5.74) is 1.81. The van der Waals surface area contributed by atoms with E-state index in [1.807, 2.05) is 0 Å². The van der Waals surface area contributed by atoms with Gasteiger partial charge in [0, 0.05) is 11.6 Å². The molecule has 130 valence electrons. The van der Waals surface area contributed by atoms with Crippen LogP contribution in [0.2, 0.25) is 0 Å². The number of nitrogens with one attached hydrogen (secondary N) is 1. The van der Waals surface area contributed by atoms with E-state index in [9.17, 15) is 29.7 Å². The highest BCUT2D eigenvalue weighted by Gasteiger charge is 2.19. The van der Waals surface area contributed by atoms with Gasteiger partial charge in [0.15, 0.2) is 0 Å². The van der Waals surface area contributed by atoms with E-state index < -0.39 is 27.0 Å². The zero-order valence-electron chi connectivity index (χ0n) is 13.0.